The number of amides is 1. The maximum absolute atomic E-state index is 13.3. The topological polar surface area (TPSA) is 74.7 Å². The highest BCUT2D eigenvalue weighted by atomic mass is 35.5. The van der Waals surface area contributed by atoms with Gasteiger partial charge in [0.2, 0.25) is 10.0 Å². The molecule has 1 amide bonds. The molecule has 1 aromatic heterocycles. The minimum Gasteiger partial charge on any atom is -0.345 e. The van der Waals surface area contributed by atoms with Crippen molar-refractivity contribution in [3.63, 3.8) is 0 Å². The average Bonchev–Trinajstić information content (AvgIpc) is 3.13. The first-order chi connectivity index (χ1) is 12.9. The van der Waals surface area contributed by atoms with Crippen LogP contribution < -0.4 is 5.32 Å². The zero-order valence-corrected chi connectivity index (χ0v) is 18.3. The second kappa shape index (κ2) is 8.34. The van der Waals surface area contributed by atoms with Gasteiger partial charge < -0.3 is 14.8 Å². The highest BCUT2D eigenvalue weighted by Gasteiger charge is 2.40. The van der Waals surface area contributed by atoms with Crippen molar-refractivity contribution in [3.8, 4) is 0 Å². The minimum absolute atomic E-state index is 0. The summed E-state index contributed by atoms with van der Waals surface area (Å²) in [6, 6.07) is 2.05. The molecule has 0 spiro atoms. The Hall–Kier alpha value is -1.09. The summed E-state index contributed by atoms with van der Waals surface area (Å²) in [7, 11) is -1.78. The summed E-state index contributed by atoms with van der Waals surface area (Å²) in [6.07, 6.45) is 6.58. The van der Waals surface area contributed by atoms with E-state index in [1.54, 1.807) is 28.2 Å². The fourth-order valence-corrected chi connectivity index (χ4v) is 6.52. The number of nitrogens with zero attached hydrogens (tertiary/aromatic N) is 3. The van der Waals surface area contributed by atoms with Crippen LogP contribution in [0.4, 0.5) is 0 Å². The molecule has 28 heavy (non-hydrogen) atoms. The van der Waals surface area contributed by atoms with E-state index in [1.807, 2.05) is 4.90 Å². The van der Waals surface area contributed by atoms with Crippen molar-refractivity contribution in [3.05, 3.63) is 18.0 Å². The average molecular weight is 431 g/mol. The Balaban J connectivity index is 0.00000225. The van der Waals surface area contributed by atoms with Crippen LogP contribution in [0.3, 0.4) is 0 Å². The quantitative estimate of drug-likeness (QED) is 0.793. The molecule has 3 aliphatic heterocycles. The summed E-state index contributed by atoms with van der Waals surface area (Å²) >= 11 is 0. The minimum atomic E-state index is -3.55. The molecule has 3 aliphatic rings. The summed E-state index contributed by atoms with van der Waals surface area (Å²) in [6.45, 7) is 4.97. The predicted octanol–water partition coefficient (Wildman–Crippen LogP) is 1.83. The van der Waals surface area contributed by atoms with Gasteiger partial charge in [-0.1, -0.05) is 6.92 Å². The molecule has 3 unspecified atom stereocenters. The Morgan fingerprint density at radius 2 is 1.93 bits per heavy atom. The molecule has 2 bridgehead atoms. The van der Waals surface area contributed by atoms with Gasteiger partial charge >= 0.3 is 0 Å². The molecule has 7 nitrogen and oxygen atoms in total. The molecule has 3 atom stereocenters. The zero-order valence-electron chi connectivity index (χ0n) is 16.6. The van der Waals surface area contributed by atoms with Crippen LogP contribution in [0, 0.1) is 5.92 Å². The van der Waals surface area contributed by atoms with Crippen LogP contribution >= 0.6 is 12.4 Å². The van der Waals surface area contributed by atoms with E-state index in [0.717, 1.165) is 45.2 Å². The second-order valence-corrected chi connectivity index (χ2v) is 10.3. The standard InChI is InChI=1S/C19H30N4O3S.ClH/c1-14-4-3-9-22(12-14)27(25,26)17-10-18(21(2)13-17)19(24)23-15-5-6-16(23)11-20-8-7-15;/h10,13-16,20H,3-9,11-12H2,1-2H3;1H. The van der Waals surface area contributed by atoms with Gasteiger partial charge in [0.05, 0.1) is 0 Å². The molecule has 1 N–H and O–H groups in total. The number of piperidine rings is 1. The number of rotatable bonds is 3. The summed E-state index contributed by atoms with van der Waals surface area (Å²) in [5, 5.41) is 3.40. The highest BCUT2D eigenvalue weighted by molar-refractivity contribution is 7.89. The molecular formula is C19H31ClN4O3S. The van der Waals surface area contributed by atoms with Crippen molar-refractivity contribution in [2.24, 2.45) is 13.0 Å². The molecule has 158 valence electrons. The van der Waals surface area contributed by atoms with Gasteiger partial charge in [0.15, 0.2) is 0 Å². The molecule has 3 fully saturated rings. The number of sulfonamides is 1. The fraction of sp³-hybridized carbons (Fsp3) is 0.737. The maximum Gasteiger partial charge on any atom is 0.271 e. The largest absolute Gasteiger partial charge is 0.345 e. The Labute approximate surface area is 173 Å². The number of aryl methyl sites for hydroxylation is 1. The first-order valence-corrected chi connectivity index (χ1v) is 11.5. The Kier molecular flexibility index (Phi) is 6.44. The number of hydrogen-bond donors (Lipinski definition) is 1. The number of hydrogen-bond acceptors (Lipinski definition) is 4. The lowest BCUT2D eigenvalue weighted by Crippen LogP contribution is -2.43. The second-order valence-electron chi connectivity index (χ2n) is 8.37. The number of carbonyl (C=O) groups is 1. The molecule has 0 saturated carbocycles. The summed E-state index contributed by atoms with van der Waals surface area (Å²) in [5.74, 6) is 0.334. The van der Waals surface area contributed by atoms with E-state index in [-0.39, 0.29) is 35.3 Å². The monoisotopic (exact) mass is 430 g/mol. The first-order valence-electron chi connectivity index (χ1n) is 10.1. The molecule has 0 radical (unpaired) electrons. The van der Waals surface area contributed by atoms with Crippen molar-refractivity contribution in [1.82, 2.24) is 19.1 Å². The van der Waals surface area contributed by atoms with Crippen LogP contribution in [0.15, 0.2) is 17.2 Å². The van der Waals surface area contributed by atoms with Crippen molar-refractivity contribution < 1.29 is 13.2 Å². The number of nitrogens with one attached hydrogen (secondary N) is 1. The summed E-state index contributed by atoms with van der Waals surface area (Å²) in [4.78, 5) is 15.5. The van der Waals surface area contributed by atoms with Crippen LogP contribution in [0.25, 0.3) is 0 Å². The summed E-state index contributed by atoms with van der Waals surface area (Å²) < 4.78 is 29.4. The van der Waals surface area contributed by atoms with Crippen LogP contribution in [0.1, 0.15) is 49.5 Å². The Morgan fingerprint density at radius 3 is 2.68 bits per heavy atom. The zero-order chi connectivity index (χ0) is 19.2. The first kappa shape index (κ1) is 21.6. The van der Waals surface area contributed by atoms with Gasteiger partial charge in [-0.05, 0) is 50.6 Å². The van der Waals surface area contributed by atoms with Crippen LogP contribution in [0.2, 0.25) is 0 Å². The van der Waals surface area contributed by atoms with Gasteiger partial charge in [-0.2, -0.15) is 4.31 Å². The van der Waals surface area contributed by atoms with E-state index in [0.29, 0.717) is 24.7 Å². The molecule has 0 aliphatic carbocycles. The summed E-state index contributed by atoms with van der Waals surface area (Å²) in [5.41, 5.74) is 0.470. The lowest BCUT2D eigenvalue weighted by molar-refractivity contribution is 0.0670. The van der Waals surface area contributed by atoms with Gasteiger partial charge in [0, 0.05) is 45.0 Å². The Bertz CT molecular complexity index is 811. The smallest absolute Gasteiger partial charge is 0.271 e. The molecule has 4 heterocycles. The third-order valence-corrected chi connectivity index (χ3v) is 8.18. The predicted molar refractivity (Wildman–Crippen MR) is 110 cm³/mol. The van der Waals surface area contributed by atoms with E-state index in [1.165, 1.54) is 0 Å². The van der Waals surface area contributed by atoms with Crippen molar-refractivity contribution in [2.45, 2.75) is 56.0 Å². The van der Waals surface area contributed by atoms with Gasteiger partial charge in [-0.3, -0.25) is 4.79 Å². The molecule has 4 rings (SSSR count). The molecular weight excluding hydrogens is 400 g/mol. The normalized spacial score (nSPS) is 28.6. The Morgan fingerprint density at radius 1 is 1.18 bits per heavy atom. The van der Waals surface area contributed by atoms with Gasteiger partial charge in [-0.25, -0.2) is 8.42 Å². The lowest BCUT2D eigenvalue weighted by Gasteiger charge is -2.29. The number of aromatic nitrogens is 1. The van der Waals surface area contributed by atoms with E-state index in [9.17, 15) is 13.2 Å². The SMILES string of the molecule is CC1CCCN(S(=O)(=O)c2cc(C(=O)N3C4CCNCC3CC4)n(C)c2)C1.Cl. The van der Waals surface area contributed by atoms with E-state index in [4.69, 9.17) is 0 Å². The molecule has 9 heteroatoms. The number of halogens is 1. The molecule has 3 saturated heterocycles. The van der Waals surface area contributed by atoms with Gasteiger partial charge in [-0.15, -0.1) is 12.4 Å². The van der Waals surface area contributed by atoms with Crippen molar-refractivity contribution >= 4 is 28.3 Å². The lowest BCUT2D eigenvalue weighted by atomic mass is 10.0. The third-order valence-electron chi connectivity index (χ3n) is 6.35. The van der Waals surface area contributed by atoms with Crippen LogP contribution in [0.5, 0.6) is 0 Å². The number of carbonyl (C=O) groups excluding carboxylic acids is 1. The van der Waals surface area contributed by atoms with E-state index in [2.05, 4.69) is 12.2 Å². The van der Waals surface area contributed by atoms with Crippen molar-refractivity contribution in [1.29, 1.82) is 0 Å². The molecule has 0 aromatic carbocycles. The van der Waals surface area contributed by atoms with Gasteiger partial charge in [0.25, 0.3) is 5.91 Å². The van der Waals surface area contributed by atoms with E-state index < -0.39 is 10.0 Å². The maximum atomic E-state index is 13.3. The number of fused-ring (bicyclic) bond motifs is 2. The molecule has 1 aromatic rings. The van der Waals surface area contributed by atoms with Gasteiger partial charge in [0.1, 0.15) is 10.6 Å². The van der Waals surface area contributed by atoms with Crippen LogP contribution in [-0.4, -0.2) is 66.4 Å². The third kappa shape index (κ3) is 3.84. The van der Waals surface area contributed by atoms with Crippen molar-refractivity contribution in [2.75, 3.05) is 26.2 Å². The van der Waals surface area contributed by atoms with E-state index >= 15 is 0 Å². The van der Waals surface area contributed by atoms with Crippen LogP contribution in [-0.2, 0) is 17.1 Å². The fourth-order valence-electron chi connectivity index (χ4n) is 4.85. The highest BCUT2D eigenvalue weighted by Crippen LogP contribution is 2.31.